The minimum atomic E-state index is 0.394. The summed E-state index contributed by atoms with van der Waals surface area (Å²) < 4.78 is 3.92. The van der Waals surface area contributed by atoms with E-state index in [1.54, 1.807) is 0 Å². The molecule has 0 aliphatic rings. The van der Waals surface area contributed by atoms with Gasteiger partial charge >= 0.3 is 0 Å². The van der Waals surface area contributed by atoms with E-state index in [1.807, 2.05) is 14.0 Å². The van der Waals surface area contributed by atoms with E-state index in [-0.39, 0.29) is 0 Å². The lowest BCUT2D eigenvalue weighted by molar-refractivity contribution is 0.447. The van der Waals surface area contributed by atoms with E-state index in [1.165, 1.54) is 16.4 Å². The summed E-state index contributed by atoms with van der Waals surface area (Å²) in [5, 5.41) is 7.27. The molecule has 1 aromatic rings. The third kappa shape index (κ3) is 1.81. The van der Waals surface area contributed by atoms with Crippen molar-refractivity contribution in [3.63, 3.8) is 0 Å². The zero-order valence-electron chi connectivity index (χ0n) is 7.96. The molecule has 0 spiro atoms. The van der Waals surface area contributed by atoms with Crippen molar-refractivity contribution in [3.8, 4) is 0 Å². The summed E-state index contributed by atoms with van der Waals surface area (Å²) in [6, 6.07) is 0.394. The Morgan fingerprint density at radius 3 is 2.42 bits per heavy atom. The quantitative estimate of drug-likeness (QED) is 0.779. The fourth-order valence-electron chi connectivity index (χ4n) is 1.29. The van der Waals surface area contributed by atoms with Crippen LogP contribution < -0.4 is 5.32 Å². The summed E-state index contributed by atoms with van der Waals surface area (Å²) in [7, 11) is 1.98. The van der Waals surface area contributed by atoms with Gasteiger partial charge in [-0.05, 0) is 31.4 Å². The van der Waals surface area contributed by atoms with Gasteiger partial charge in [-0.25, -0.2) is 0 Å². The molecule has 1 heterocycles. The average molecular weight is 185 g/mol. The minimum Gasteiger partial charge on any atom is -0.312 e. The molecule has 1 N–H and O–H groups in total. The number of hydrogen-bond acceptors (Lipinski definition) is 4. The number of aromatic nitrogens is 2. The largest absolute Gasteiger partial charge is 0.312 e. The summed E-state index contributed by atoms with van der Waals surface area (Å²) in [6.07, 6.45) is 0. The lowest BCUT2D eigenvalue weighted by Crippen LogP contribution is -2.21. The highest BCUT2D eigenvalue weighted by atomic mass is 32.1. The van der Waals surface area contributed by atoms with E-state index in [2.05, 4.69) is 28.8 Å². The first-order chi connectivity index (χ1) is 5.66. The van der Waals surface area contributed by atoms with Crippen LogP contribution in [0.4, 0.5) is 0 Å². The molecular formula is C8H15N3S. The minimum absolute atomic E-state index is 0.394. The molecule has 0 fully saturated rings. The maximum absolute atomic E-state index is 4.00. The standard InChI is InChI=1S/C8H15N3S/c1-5(2)7(9-4)8-6(3)10-11-12-8/h5,7,9H,1-4H3. The van der Waals surface area contributed by atoms with E-state index in [0.29, 0.717) is 12.0 Å². The van der Waals surface area contributed by atoms with Crippen LogP contribution in [0.1, 0.15) is 30.5 Å². The number of aryl methyl sites for hydroxylation is 1. The van der Waals surface area contributed by atoms with E-state index in [0.717, 1.165) is 5.69 Å². The molecule has 1 aromatic heterocycles. The molecule has 12 heavy (non-hydrogen) atoms. The van der Waals surface area contributed by atoms with Gasteiger partial charge in [0.15, 0.2) is 0 Å². The Kier molecular flexibility index (Phi) is 3.17. The van der Waals surface area contributed by atoms with Crippen molar-refractivity contribution in [3.05, 3.63) is 10.6 Å². The lowest BCUT2D eigenvalue weighted by Gasteiger charge is -2.18. The molecule has 0 bridgehead atoms. The van der Waals surface area contributed by atoms with Gasteiger partial charge < -0.3 is 5.32 Å². The van der Waals surface area contributed by atoms with Gasteiger partial charge in [0, 0.05) is 6.04 Å². The van der Waals surface area contributed by atoms with Crippen LogP contribution in [0.2, 0.25) is 0 Å². The smallest absolute Gasteiger partial charge is 0.0772 e. The highest BCUT2D eigenvalue weighted by molar-refractivity contribution is 7.05. The molecular weight excluding hydrogens is 170 g/mol. The number of rotatable bonds is 3. The number of nitrogens with zero attached hydrogens (tertiary/aromatic N) is 2. The van der Waals surface area contributed by atoms with Crippen LogP contribution in [0.3, 0.4) is 0 Å². The van der Waals surface area contributed by atoms with Crippen LogP contribution in [-0.4, -0.2) is 16.6 Å². The molecule has 68 valence electrons. The van der Waals surface area contributed by atoms with E-state index in [4.69, 9.17) is 0 Å². The number of nitrogens with one attached hydrogen (secondary N) is 1. The van der Waals surface area contributed by atoms with Gasteiger partial charge in [0.1, 0.15) is 0 Å². The maximum Gasteiger partial charge on any atom is 0.0772 e. The number of hydrogen-bond donors (Lipinski definition) is 1. The highest BCUT2D eigenvalue weighted by Crippen LogP contribution is 2.25. The van der Waals surface area contributed by atoms with Gasteiger partial charge in [0.2, 0.25) is 0 Å². The van der Waals surface area contributed by atoms with Crippen molar-refractivity contribution in [2.45, 2.75) is 26.8 Å². The van der Waals surface area contributed by atoms with Crippen LogP contribution in [0.25, 0.3) is 0 Å². The first-order valence-corrected chi connectivity index (χ1v) is 4.90. The highest BCUT2D eigenvalue weighted by Gasteiger charge is 2.18. The topological polar surface area (TPSA) is 37.8 Å². The normalized spacial score (nSPS) is 13.8. The Bertz CT molecular complexity index is 244. The third-order valence-corrected chi connectivity index (χ3v) is 2.86. The monoisotopic (exact) mass is 185 g/mol. The molecule has 0 aliphatic heterocycles. The SMILES string of the molecule is CNC(c1snnc1C)C(C)C. The van der Waals surface area contributed by atoms with Crippen LogP contribution in [0.15, 0.2) is 0 Å². The molecule has 0 saturated carbocycles. The zero-order chi connectivity index (χ0) is 9.14. The predicted molar refractivity (Wildman–Crippen MR) is 51.3 cm³/mol. The van der Waals surface area contributed by atoms with Crippen molar-refractivity contribution >= 4 is 11.5 Å². The van der Waals surface area contributed by atoms with Crippen LogP contribution in [-0.2, 0) is 0 Å². The van der Waals surface area contributed by atoms with Crippen LogP contribution in [0.5, 0.6) is 0 Å². The van der Waals surface area contributed by atoms with Gasteiger partial charge in [0.25, 0.3) is 0 Å². The molecule has 1 atom stereocenters. The summed E-state index contributed by atoms with van der Waals surface area (Å²) in [5.74, 6) is 0.580. The summed E-state index contributed by atoms with van der Waals surface area (Å²) in [4.78, 5) is 1.26. The molecule has 0 amide bonds. The zero-order valence-corrected chi connectivity index (χ0v) is 8.77. The summed E-state index contributed by atoms with van der Waals surface area (Å²) in [5.41, 5.74) is 1.05. The molecule has 1 rings (SSSR count). The van der Waals surface area contributed by atoms with Gasteiger partial charge in [0.05, 0.1) is 10.6 Å². The molecule has 0 aliphatic carbocycles. The van der Waals surface area contributed by atoms with Crippen LogP contribution >= 0.6 is 11.5 Å². The Hall–Kier alpha value is -0.480. The van der Waals surface area contributed by atoms with E-state index in [9.17, 15) is 0 Å². The molecule has 4 heteroatoms. The Balaban J connectivity index is 2.87. The predicted octanol–water partition coefficient (Wildman–Crippen LogP) is 1.76. The van der Waals surface area contributed by atoms with E-state index < -0.39 is 0 Å². The second-order valence-corrected chi connectivity index (χ2v) is 4.02. The fraction of sp³-hybridized carbons (Fsp3) is 0.750. The first-order valence-electron chi connectivity index (χ1n) is 4.13. The fourth-order valence-corrected chi connectivity index (χ4v) is 2.22. The van der Waals surface area contributed by atoms with E-state index >= 15 is 0 Å². The second-order valence-electron chi connectivity index (χ2n) is 3.23. The Labute approximate surface area is 77.4 Å². The Morgan fingerprint density at radius 1 is 1.42 bits per heavy atom. The second kappa shape index (κ2) is 3.96. The van der Waals surface area contributed by atoms with Gasteiger partial charge in [-0.2, -0.15) is 0 Å². The molecule has 1 unspecified atom stereocenters. The molecule has 0 saturated heterocycles. The average Bonchev–Trinajstić information content (AvgIpc) is 2.38. The van der Waals surface area contributed by atoms with Crippen molar-refractivity contribution in [1.82, 2.24) is 14.9 Å². The molecule has 0 radical (unpaired) electrons. The maximum atomic E-state index is 4.00. The van der Waals surface area contributed by atoms with Gasteiger partial charge in [-0.1, -0.05) is 18.3 Å². The summed E-state index contributed by atoms with van der Waals surface area (Å²) >= 11 is 1.49. The van der Waals surface area contributed by atoms with Gasteiger partial charge in [-0.3, -0.25) is 0 Å². The third-order valence-electron chi connectivity index (χ3n) is 1.95. The van der Waals surface area contributed by atoms with Crippen LogP contribution in [0, 0.1) is 12.8 Å². The Morgan fingerprint density at radius 2 is 2.08 bits per heavy atom. The van der Waals surface area contributed by atoms with Gasteiger partial charge in [-0.15, -0.1) is 5.10 Å². The summed E-state index contributed by atoms with van der Waals surface area (Å²) in [6.45, 7) is 6.40. The van der Waals surface area contributed by atoms with Crippen molar-refractivity contribution in [2.24, 2.45) is 5.92 Å². The lowest BCUT2D eigenvalue weighted by atomic mass is 10.0. The molecule has 0 aromatic carbocycles. The first kappa shape index (κ1) is 9.61. The van der Waals surface area contributed by atoms with Crippen molar-refractivity contribution in [2.75, 3.05) is 7.05 Å². The molecule has 3 nitrogen and oxygen atoms in total. The van der Waals surface area contributed by atoms with Crippen molar-refractivity contribution in [1.29, 1.82) is 0 Å². The van der Waals surface area contributed by atoms with Crippen molar-refractivity contribution < 1.29 is 0 Å².